The summed E-state index contributed by atoms with van der Waals surface area (Å²) < 4.78 is 5.15. The van der Waals surface area contributed by atoms with Crippen LogP contribution in [0, 0.1) is 0 Å². The van der Waals surface area contributed by atoms with Crippen molar-refractivity contribution < 1.29 is 14.3 Å². The Balaban J connectivity index is 1.61. The Bertz CT molecular complexity index is 907. The van der Waals surface area contributed by atoms with Crippen molar-refractivity contribution in [3.63, 3.8) is 0 Å². The minimum atomic E-state index is -0.130. The van der Waals surface area contributed by atoms with Gasteiger partial charge in [-0.15, -0.1) is 23.1 Å². The maximum atomic E-state index is 12.4. The molecule has 3 aromatic rings. The monoisotopic (exact) mass is 383 g/mol. The van der Waals surface area contributed by atoms with E-state index in [9.17, 15) is 9.59 Å². The van der Waals surface area contributed by atoms with Crippen LogP contribution in [0.5, 0.6) is 5.75 Å². The van der Waals surface area contributed by atoms with Crippen molar-refractivity contribution >= 4 is 40.5 Å². The number of hydrogen-bond donors (Lipinski definition) is 1. The highest BCUT2D eigenvalue weighted by molar-refractivity contribution is 8.00. The summed E-state index contributed by atoms with van der Waals surface area (Å²) in [5.41, 5.74) is 1.33. The Hall–Kier alpha value is -2.57. The Morgan fingerprint density at radius 3 is 2.69 bits per heavy atom. The Kier molecular flexibility index (Phi) is 6.09. The number of thiophene rings is 1. The van der Waals surface area contributed by atoms with Gasteiger partial charge in [0.05, 0.1) is 17.7 Å². The van der Waals surface area contributed by atoms with Crippen molar-refractivity contribution in [1.82, 2.24) is 0 Å². The van der Waals surface area contributed by atoms with Gasteiger partial charge in [0.2, 0.25) is 0 Å². The summed E-state index contributed by atoms with van der Waals surface area (Å²) in [6.07, 6.45) is 0. The van der Waals surface area contributed by atoms with Crippen LogP contribution < -0.4 is 10.1 Å². The largest absolute Gasteiger partial charge is 0.497 e. The first-order valence-corrected chi connectivity index (χ1v) is 9.77. The molecule has 26 heavy (non-hydrogen) atoms. The minimum Gasteiger partial charge on any atom is -0.497 e. The number of benzene rings is 2. The van der Waals surface area contributed by atoms with Crippen LogP contribution in [-0.2, 0) is 0 Å². The van der Waals surface area contributed by atoms with E-state index < -0.39 is 0 Å². The zero-order chi connectivity index (χ0) is 18.4. The van der Waals surface area contributed by atoms with Crippen LogP contribution in [0.25, 0.3) is 0 Å². The van der Waals surface area contributed by atoms with Crippen LogP contribution in [0.1, 0.15) is 20.0 Å². The van der Waals surface area contributed by atoms with Gasteiger partial charge in [-0.25, -0.2) is 0 Å². The fraction of sp³-hybridized carbons (Fsp3) is 0.100. The molecule has 1 aromatic heterocycles. The van der Waals surface area contributed by atoms with Gasteiger partial charge in [0, 0.05) is 16.1 Å². The molecule has 6 heteroatoms. The molecule has 2 aromatic carbocycles. The standard InChI is InChI=1S/C20H17NO3S2/c1-24-16-7-2-5-14(11-16)18(22)13-26-17-8-3-6-15(12-17)21-20(23)19-9-4-10-25-19/h2-12H,13H2,1H3,(H,21,23). The first-order chi connectivity index (χ1) is 12.7. The number of Topliss-reactive ketones (excluding diaryl/α,β-unsaturated/α-hetero) is 1. The van der Waals surface area contributed by atoms with E-state index in [1.807, 2.05) is 41.8 Å². The minimum absolute atomic E-state index is 0.0296. The quantitative estimate of drug-likeness (QED) is 0.462. The highest BCUT2D eigenvalue weighted by Gasteiger charge is 2.10. The molecule has 1 N–H and O–H groups in total. The van der Waals surface area contributed by atoms with E-state index in [1.54, 1.807) is 31.4 Å². The maximum absolute atomic E-state index is 12.4. The lowest BCUT2D eigenvalue weighted by Gasteiger charge is -2.07. The normalized spacial score (nSPS) is 10.3. The van der Waals surface area contributed by atoms with Gasteiger partial charge in [-0.05, 0) is 41.8 Å². The number of rotatable bonds is 7. The summed E-state index contributed by atoms with van der Waals surface area (Å²) >= 11 is 2.83. The van der Waals surface area contributed by atoms with E-state index in [1.165, 1.54) is 23.1 Å². The summed E-state index contributed by atoms with van der Waals surface area (Å²) in [6, 6.07) is 18.2. The molecular weight excluding hydrogens is 366 g/mol. The van der Waals surface area contributed by atoms with Crippen LogP contribution in [0.4, 0.5) is 5.69 Å². The third kappa shape index (κ3) is 4.74. The molecule has 4 nitrogen and oxygen atoms in total. The number of nitrogens with one attached hydrogen (secondary N) is 1. The first-order valence-electron chi connectivity index (χ1n) is 7.90. The molecule has 1 amide bonds. The maximum Gasteiger partial charge on any atom is 0.265 e. The molecule has 0 aliphatic carbocycles. The number of carbonyl (C=O) groups is 2. The first kappa shape index (κ1) is 18.2. The molecule has 0 atom stereocenters. The van der Waals surface area contributed by atoms with E-state index in [2.05, 4.69) is 5.32 Å². The predicted molar refractivity (Wildman–Crippen MR) is 107 cm³/mol. The topological polar surface area (TPSA) is 55.4 Å². The van der Waals surface area contributed by atoms with E-state index in [0.717, 1.165) is 4.90 Å². The van der Waals surface area contributed by atoms with Crippen LogP contribution in [0.15, 0.2) is 70.9 Å². The van der Waals surface area contributed by atoms with Crippen molar-refractivity contribution in [3.8, 4) is 5.75 Å². The van der Waals surface area contributed by atoms with E-state index >= 15 is 0 Å². The van der Waals surface area contributed by atoms with Crippen molar-refractivity contribution in [1.29, 1.82) is 0 Å². The summed E-state index contributed by atoms with van der Waals surface area (Å²) in [5, 5.41) is 4.74. The summed E-state index contributed by atoms with van der Waals surface area (Å²) in [4.78, 5) is 26.1. The van der Waals surface area contributed by atoms with Gasteiger partial charge < -0.3 is 10.1 Å². The molecule has 1 heterocycles. The van der Waals surface area contributed by atoms with E-state index in [-0.39, 0.29) is 11.7 Å². The molecule has 0 unspecified atom stereocenters. The highest BCUT2D eigenvalue weighted by atomic mass is 32.2. The van der Waals surface area contributed by atoms with Crippen LogP contribution in [0.3, 0.4) is 0 Å². The van der Waals surface area contributed by atoms with Crippen molar-refractivity contribution in [2.24, 2.45) is 0 Å². The van der Waals surface area contributed by atoms with E-state index in [0.29, 0.717) is 27.6 Å². The fourth-order valence-electron chi connectivity index (χ4n) is 2.29. The zero-order valence-corrected chi connectivity index (χ0v) is 15.7. The van der Waals surface area contributed by atoms with Gasteiger partial charge in [-0.2, -0.15) is 0 Å². The third-order valence-electron chi connectivity index (χ3n) is 3.60. The second kappa shape index (κ2) is 8.69. The number of carbonyl (C=O) groups excluding carboxylic acids is 2. The molecule has 0 aliphatic rings. The van der Waals surface area contributed by atoms with Crippen LogP contribution >= 0.6 is 23.1 Å². The number of hydrogen-bond acceptors (Lipinski definition) is 5. The summed E-state index contributed by atoms with van der Waals surface area (Å²) in [7, 11) is 1.58. The number of anilines is 1. The Morgan fingerprint density at radius 2 is 1.92 bits per heavy atom. The Morgan fingerprint density at radius 1 is 1.08 bits per heavy atom. The van der Waals surface area contributed by atoms with E-state index in [4.69, 9.17) is 4.74 Å². The number of ketones is 1. The van der Waals surface area contributed by atoms with Gasteiger partial charge in [0.15, 0.2) is 5.78 Å². The van der Waals surface area contributed by atoms with Crippen LogP contribution in [-0.4, -0.2) is 24.6 Å². The number of ether oxygens (including phenoxy) is 1. The average Bonchev–Trinajstić information content (AvgIpc) is 3.21. The molecule has 0 spiro atoms. The predicted octanol–water partition coefficient (Wildman–Crippen LogP) is 4.98. The third-order valence-corrected chi connectivity index (χ3v) is 5.46. The SMILES string of the molecule is COc1cccc(C(=O)CSc2cccc(NC(=O)c3cccs3)c2)c1. The average molecular weight is 383 g/mol. The molecule has 0 saturated carbocycles. The molecule has 0 bridgehead atoms. The van der Waals surface area contributed by atoms with Crippen molar-refractivity contribution in [2.45, 2.75) is 4.90 Å². The van der Waals surface area contributed by atoms with Gasteiger partial charge in [-0.1, -0.05) is 24.3 Å². The number of thioether (sulfide) groups is 1. The van der Waals surface area contributed by atoms with Gasteiger partial charge in [0.1, 0.15) is 5.75 Å². The molecule has 0 radical (unpaired) electrons. The highest BCUT2D eigenvalue weighted by Crippen LogP contribution is 2.24. The van der Waals surface area contributed by atoms with Gasteiger partial charge in [0.25, 0.3) is 5.91 Å². The van der Waals surface area contributed by atoms with Gasteiger partial charge >= 0.3 is 0 Å². The van der Waals surface area contributed by atoms with Crippen molar-refractivity contribution in [3.05, 3.63) is 76.5 Å². The van der Waals surface area contributed by atoms with Crippen LogP contribution in [0.2, 0.25) is 0 Å². The molecule has 3 rings (SSSR count). The molecular formula is C20H17NO3S2. The second-order valence-electron chi connectivity index (χ2n) is 5.40. The lowest BCUT2D eigenvalue weighted by Crippen LogP contribution is -2.10. The zero-order valence-electron chi connectivity index (χ0n) is 14.1. The summed E-state index contributed by atoms with van der Waals surface area (Å²) in [6.45, 7) is 0. The molecule has 0 saturated heterocycles. The lowest BCUT2D eigenvalue weighted by molar-refractivity contribution is 0.101. The second-order valence-corrected chi connectivity index (χ2v) is 7.40. The molecule has 0 aliphatic heterocycles. The number of methoxy groups -OCH3 is 1. The molecule has 132 valence electrons. The van der Waals surface area contributed by atoms with Gasteiger partial charge in [-0.3, -0.25) is 9.59 Å². The number of amides is 1. The summed E-state index contributed by atoms with van der Waals surface area (Å²) in [5.74, 6) is 0.880. The Labute approximate surface area is 160 Å². The lowest BCUT2D eigenvalue weighted by atomic mass is 10.1. The smallest absolute Gasteiger partial charge is 0.265 e. The van der Waals surface area contributed by atoms with Crippen molar-refractivity contribution in [2.75, 3.05) is 18.2 Å². The molecule has 0 fully saturated rings. The fourth-order valence-corrected chi connectivity index (χ4v) is 3.76.